The van der Waals surface area contributed by atoms with Crippen molar-refractivity contribution in [3.05, 3.63) is 52.4 Å². The van der Waals surface area contributed by atoms with Crippen molar-refractivity contribution in [3.8, 4) is 5.69 Å². The van der Waals surface area contributed by atoms with Crippen molar-refractivity contribution < 1.29 is 25.9 Å². The highest BCUT2D eigenvalue weighted by molar-refractivity contribution is 7.86. The van der Waals surface area contributed by atoms with E-state index >= 15 is 0 Å². The topological polar surface area (TPSA) is 147 Å². The molecule has 2 aromatic carbocycles. The summed E-state index contributed by atoms with van der Waals surface area (Å²) in [5.41, 5.74) is -0.0152. The molecule has 0 saturated heterocycles. The van der Waals surface area contributed by atoms with Crippen LogP contribution in [0.4, 0.5) is 0 Å². The van der Waals surface area contributed by atoms with Crippen LogP contribution in [0.25, 0.3) is 16.5 Å². The highest BCUT2D eigenvalue weighted by Gasteiger charge is 2.23. The van der Waals surface area contributed by atoms with Crippen LogP contribution in [0.5, 0.6) is 0 Å². The molecule has 0 atom stereocenters. The molecule has 0 radical (unpaired) electrons. The Morgan fingerprint density at radius 2 is 1.60 bits per heavy atom. The summed E-state index contributed by atoms with van der Waals surface area (Å²) in [6, 6.07) is 7.01. The van der Waals surface area contributed by atoms with Gasteiger partial charge in [-0.2, -0.15) is 16.8 Å². The Morgan fingerprint density at radius 3 is 2.12 bits per heavy atom. The molecule has 1 aromatic heterocycles. The van der Waals surface area contributed by atoms with Crippen molar-refractivity contribution in [2.24, 2.45) is 0 Å². The first kappa shape index (κ1) is 17.4. The van der Waals surface area contributed by atoms with Gasteiger partial charge in [0.2, 0.25) is 0 Å². The molecule has 0 aliphatic rings. The molecule has 0 amide bonds. The average molecular weight is 384 g/mol. The Bertz CT molecular complexity index is 1270. The van der Waals surface area contributed by atoms with Crippen LogP contribution in [0.1, 0.15) is 5.69 Å². The van der Waals surface area contributed by atoms with Gasteiger partial charge >= 0.3 is 0 Å². The highest BCUT2D eigenvalue weighted by atomic mass is 32.2. The van der Waals surface area contributed by atoms with Crippen LogP contribution >= 0.6 is 0 Å². The lowest BCUT2D eigenvalue weighted by molar-refractivity contribution is 0.481. The number of aromatic amines is 1. The third-order valence-electron chi connectivity index (χ3n) is 3.59. The maximum atomic E-state index is 12.1. The molecular formula is C14H12N2O7S2. The molecule has 0 saturated carbocycles. The van der Waals surface area contributed by atoms with E-state index in [1.54, 1.807) is 6.92 Å². The first-order valence-corrected chi connectivity index (χ1v) is 9.68. The van der Waals surface area contributed by atoms with Crippen molar-refractivity contribution in [1.82, 2.24) is 9.78 Å². The maximum Gasteiger partial charge on any atom is 0.295 e. The summed E-state index contributed by atoms with van der Waals surface area (Å²) >= 11 is 0. The zero-order valence-electron chi connectivity index (χ0n) is 12.7. The Balaban J connectivity index is 2.61. The predicted molar refractivity (Wildman–Crippen MR) is 88.3 cm³/mol. The summed E-state index contributed by atoms with van der Waals surface area (Å²) in [6.45, 7) is 1.61. The van der Waals surface area contributed by atoms with Gasteiger partial charge in [-0.25, -0.2) is 4.68 Å². The molecule has 0 unspecified atom stereocenters. The monoisotopic (exact) mass is 384 g/mol. The SMILES string of the molecule is Cc1cc(=O)n(-c2ccc(S(=O)(=O)O)c3cccc(S(=O)(=O)O)c23)[nH]1. The van der Waals surface area contributed by atoms with Gasteiger partial charge in [0.1, 0.15) is 9.79 Å². The third-order valence-corrected chi connectivity index (χ3v) is 5.39. The van der Waals surface area contributed by atoms with E-state index in [1.807, 2.05) is 0 Å². The first-order chi connectivity index (χ1) is 11.5. The molecule has 0 aliphatic heterocycles. The molecule has 132 valence electrons. The number of nitrogens with zero attached hydrogens (tertiary/aromatic N) is 1. The predicted octanol–water partition coefficient (Wildman–Crippen LogP) is 1.12. The second kappa shape index (κ2) is 5.52. The quantitative estimate of drug-likeness (QED) is 0.573. The van der Waals surface area contributed by atoms with Crippen LogP contribution < -0.4 is 5.56 Å². The number of nitrogens with one attached hydrogen (secondary N) is 1. The van der Waals surface area contributed by atoms with Crippen LogP contribution in [0.2, 0.25) is 0 Å². The van der Waals surface area contributed by atoms with E-state index in [0.717, 1.165) is 22.9 Å². The van der Waals surface area contributed by atoms with Crippen molar-refractivity contribution in [2.45, 2.75) is 16.7 Å². The van der Waals surface area contributed by atoms with Gasteiger partial charge in [-0.3, -0.25) is 19.0 Å². The number of aromatic nitrogens is 2. The smallest absolute Gasteiger partial charge is 0.295 e. The normalized spacial score (nSPS) is 12.6. The fourth-order valence-corrected chi connectivity index (χ4v) is 4.06. The first-order valence-electron chi connectivity index (χ1n) is 6.80. The largest absolute Gasteiger partial charge is 0.295 e. The summed E-state index contributed by atoms with van der Waals surface area (Å²) in [5.74, 6) is 0. The molecule has 3 N–H and O–H groups in total. The van der Waals surface area contributed by atoms with Gasteiger partial charge in [-0.05, 0) is 25.1 Å². The molecule has 0 bridgehead atoms. The van der Waals surface area contributed by atoms with Crippen molar-refractivity contribution >= 4 is 31.0 Å². The third kappa shape index (κ3) is 2.98. The standard InChI is InChI=1S/C14H12N2O7S2/c1-8-7-13(17)16(15-8)10-5-6-11(24(18,19)20)9-3-2-4-12(14(9)10)25(21,22)23/h2-7,15H,1H3,(H,18,19,20)(H,21,22,23). The number of benzene rings is 2. The lowest BCUT2D eigenvalue weighted by Crippen LogP contribution is -2.15. The van der Waals surface area contributed by atoms with Crippen LogP contribution in [0.3, 0.4) is 0 Å². The zero-order chi connectivity index (χ0) is 18.6. The summed E-state index contributed by atoms with van der Waals surface area (Å²) in [5, 5.41) is 2.33. The molecule has 25 heavy (non-hydrogen) atoms. The van der Waals surface area contributed by atoms with Gasteiger partial charge in [0.15, 0.2) is 0 Å². The average Bonchev–Trinajstić information content (AvgIpc) is 2.82. The molecule has 9 nitrogen and oxygen atoms in total. The summed E-state index contributed by atoms with van der Waals surface area (Å²) in [4.78, 5) is 10.9. The van der Waals surface area contributed by atoms with Crippen LogP contribution in [0, 0.1) is 6.92 Å². The lowest BCUT2D eigenvalue weighted by Gasteiger charge is -2.13. The van der Waals surface area contributed by atoms with Crippen molar-refractivity contribution in [3.63, 3.8) is 0 Å². The summed E-state index contributed by atoms with van der Waals surface area (Å²) in [7, 11) is -9.40. The van der Waals surface area contributed by atoms with Gasteiger partial charge in [-0.15, -0.1) is 0 Å². The van der Waals surface area contributed by atoms with E-state index in [0.29, 0.717) is 5.69 Å². The van der Waals surface area contributed by atoms with Crippen molar-refractivity contribution in [2.75, 3.05) is 0 Å². The van der Waals surface area contributed by atoms with E-state index in [2.05, 4.69) is 5.10 Å². The Hall–Kier alpha value is -2.47. The Morgan fingerprint density at radius 1 is 0.960 bits per heavy atom. The van der Waals surface area contributed by atoms with Gasteiger partial charge in [0.25, 0.3) is 25.8 Å². The van der Waals surface area contributed by atoms with Gasteiger partial charge in [0, 0.05) is 22.5 Å². The minimum absolute atomic E-state index is 0.00808. The van der Waals surface area contributed by atoms with E-state index < -0.39 is 35.6 Å². The minimum atomic E-state index is -4.73. The molecule has 3 rings (SSSR count). The second-order valence-corrected chi connectivity index (χ2v) is 8.10. The molecule has 0 fully saturated rings. The van der Waals surface area contributed by atoms with E-state index in [4.69, 9.17) is 0 Å². The summed E-state index contributed by atoms with van der Waals surface area (Å²) in [6.07, 6.45) is 0. The fourth-order valence-electron chi connectivity index (χ4n) is 2.65. The number of fused-ring (bicyclic) bond motifs is 1. The number of rotatable bonds is 3. The van der Waals surface area contributed by atoms with Crippen LogP contribution in [-0.4, -0.2) is 35.7 Å². The van der Waals surface area contributed by atoms with E-state index in [9.17, 15) is 30.7 Å². The number of hydrogen-bond acceptors (Lipinski definition) is 5. The zero-order valence-corrected chi connectivity index (χ0v) is 14.3. The van der Waals surface area contributed by atoms with Crippen LogP contribution in [-0.2, 0) is 20.2 Å². The number of aryl methyl sites for hydroxylation is 1. The molecule has 1 heterocycles. The maximum absolute atomic E-state index is 12.1. The highest BCUT2D eigenvalue weighted by Crippen LogP contribution is 2.32. The fraction of sp³-hybridized carbons (Fsp3) is 0.0714. The summed E-state index contributed by atoms with van der Waals surface area (Å²) < 4.78 is 66.5. The second-order valence-electron chi connectivity index (χ2n) is 5.32. The minimum Gasteiger partial charge on any atom is -0.295 e. The number of H-pyrrole nitrogens is 1. The van der Waals surface area contributed by atoms with Gasteiger partial charge < -0.3 is 0 Å². The van der Waals surface area contributed by atoms with Crippen LogP contribution in [0.15, 0.2) is 51.0 Å². The van der Waals surface area contributed by atoms with Gasteiger partial charge in [0.05, 0.1) is 5.69 Å². The number of hydrogen-bond donors (Lipinski definition) is 3. The van der Waals surface area contributed by atoms with Gasteiger partial charge in [-0.1, -0.05) is 12.1 Å². The molecule has 0 spiro atoms. The Labute approximate surface area is 142 Å². The molecular weight excluding hydrogens is 372 g/mol. The van der Waals surface area contributed by atoms with Crippen molar-refractivity contribution in [1.29, 1.82) is 0 Å². The van der Waals surface area contributed by atoms with E-state index in [1.165, 1.54) is 18.2 Å². The molecule has 11 heteroatoms. The Kier molecular flexibility index (Phi) is 3.84. The molecule has 3 aromatic rings. The van der Waals surface area contributed by atoms with E-state index in [-0.39, 0.29) is 16.5 Å². The lowest BCUT2D eigenvalue weighted by atomic mass is 10.1. The molecule has 0 aliphatic carbocycles.